The average molecular weight is 236 g/mol. The maximum Gasteiger partial charge on any atom is 0.0528 e. The van der Waals surface area contributed by atoms with Gasteiger partial charge in [-0.3, -0.25) is 0 Å². The molecule has 0 aromatic heterocycles. The van der Waals surface area contributed by atoms with Crippen LogP contribution in [0.25, 0.3) is 0 Å². The van der Waals surface area contributed by atoms with Crippen LogP contribution in [-0.2, 0) is 0 Å². The summed E-state index contributed by atoms with van der Waals surface area (Å²) >= 11 is 0. The normalized spacial score (nSPS) is 20.5. The predicted octanol–water partition coefficient (Wildman–Crippen LogP) is 3.52. The van der Waals surface area contributed by atoms with E-state index in [4.69, 9.17) is 0 Å². The van der Waals surface area contributed by atoms with Crippen LogP contribution in [0.1, 0.15) is 48.0 Å². The van der Waals surface area contributed by atoms with E-state index in [-0.39, 0.29) is 5.54 Å². The molecule has 0 aromatic rings. The van der Waals surface area contributed by atoms with E-state index in [9.17, 15) is 0 Å². The van der Waals surface area contributed by atoms with E-state index in [1.54, 1.807) is 0 Å². The van der Waals surface area contributed by atoms with Crippen LogP contribution < -0.4 is 5.32 Å². The summed E-state index contributed by atoms with van der Waals surface area (Å²) in [5, 5.41) is 3.57. The molecule has 2 heteroatoms. The van der Waals surface area contributed by atoms with Crippen molar-refractivity contribution in [3.8, 4) is 0 Å². The minimum Gasteiger partial charge on any atom is -0.383 e. The van der Waals surface area contributed by atoms with Gasteiger partial charge in [0.05, 0.1) is 5.70 Å². The molecule has 0 saturated heterocycles. The predicted molar refractivity (Wildman–Crippen MR) is 75.8 cm³/mol. The van der Waals surface area contributed by atoms with E-state index in [1.165, 1.54) is 11.3 Å². The molecule has 0 amide bonds. The van der Waals surface area contributed by atoms with Crippen molar-refractivity contribution >= 4 is 0 Å². The number of nitrogens with zero attached hydrogens (tertiary/aromatic N) is 1. The second-order valence-electron chi connectivity index (χ2n) is 6.97. The SMILES string of the molecule is CC1=CCC(C)(C)N(C)C=C1NCC(C)(C)C. The first kappa shape index (κ1) is 14.1. The van der Waals surface area contributed by atoms with Crippen molar-refractivity contribution in [1.82, 2.24) is 10.2 Å². The Kier molecular flexibility index (Phi) is 3.95. The Labute approximate surface area is 107 Å². The van der Waals surface area contributed by atoms with Crippen molar-refractivity contribution in [2.45, 2.75) is 53.5 Å². The van der Waals surface area contributed by atoms with Gasteiger partial charge in [-0.2, -0.15) is 0 Å². The van der Waals surface area contributed by atoms with Crippen LogP contribution in [0.4, 0.5) is 0 Å². The largest absolute Gasteiger partial charge is 0.383 e. The van der Waals surface area contributed by atoms with Gasteiger partial charge in [0.15, 0.2) is 0 Å². The van der Waals surface area contributed by atoms with Gasteiger partial charge in [-0.15, -0.1) is 0 Å². The number of rotatable bonds is 2. The summed E-state index contributed by atoms with van der Waals surface area (Å²) < 4.78 is 0. The summed E-state index contributed by atoms with van der Waals surface area (Å²) in [6, 6.07) is 0. The molecule has 0 radical (unpaired) electrons. The first-order valence-electron chi connectivity index (χ1n) is 6.48. The molecule has 1 N–H and O–H groups in total. The summed E-state index contributed by atoms with van der Waals surface area (Å²) in [7, 11) is 2.16. The molecule has 0 unspecified atom stereocenters. The third-order valence-corrected chi connectivity index (χ3v) is 3.42. The van der Waals surface area contributed by atoms with Crippen molar-refractivity contribution in [3.05, 3.63) is 23.5 Å². The Hall–Kier alpha value is -0.920. The topological polar surface area (TPSA) is 15.3 Å². The monoisotopic (exact) mass is 236 g/mol. The molecule has 1 heterocycles. The third kappa shape index (κ3) is 4.10. The molecular weight excluding hydrogens is 208 g/mol. The van der Waals surface area contributed by atoms with Crippen LogP contribution in [0.15, 0.2) is 23.5 Å². The Balaban J connectivity index is 2.82. The highest BCUT2D eigenvalue weighted by atomic mass is 15.2. The minimum atomic E-state index is 0.201. The van der Waals surface area contributed by atoms with Crippen molar-refractivity contribution in [2.75, 3.05) is 13.6 Å². The molecule has 17 heavy (non-hydrogen) atoms. The lowest BCUT2D eigenvalue weighted by molar-refractivity contribution is 0.227. The quantitative estimate of drug-likeness (QED) is 0.789. The number of hydrogen-bond donors (Lipinski definition) is 1. The van der Waals surface area contributed by atoms with E-state index < -0.39 is 0 Å². The molecule has 1 aliphatic heterocycles. The summed E-state index contributed by atoms with van der Waals surface area (Å²) in [6.45, 7) is 14.5. The first-order valence-corrected chi connectivity index (χ1v) is 6.48. The number of hydrogen-bond acceptors (Lipinski definition) is 2. The summed E-state index contributed by atoms with van der Waals surface area (Å²) in [4.78, 5) is 2.31. The Morgan fingerprint density at radius 3 is 2.47 bits per heavy atom. The molecule has 98 valence electrons. The van der Waals surface area contributed by atoms with Crippen molar-refractivity contribution in [2.24, 2.45) is 5.41 Å². The van der Waals surface area contributed by atoms with Gasteiger partial charge in [0.2, 0.25) is 0 Å². The van der Waals surface area contributed by atoms with Crippen LogP contribution in [0, 0.1) is 5.41 Å². The first-order chi connectivity index (χ1) is 7.62. The average Bonchev–Trinajstić information content (AvgIpc) is 2.26. The Morgan fingerprint density at radius 1 is 1.35 bits per heavy atom. The zero-order valence-corrected chi connectivity index (χ0v) is 12.5. The number of allylic oxidation sites excluding steroid dienone is 1. The van der Waals surface area contributed by atoms with Gasteiger partial charge in [0.1, 0.15) is 0 Å². The van der Waals surface area contributed by atoms with Gasteiger partial charge in [-0.1, -0.05) is 26.8 Å². The van der Waals surface area contributed by atoms with E-state index >= 15 is 0 Å². The van der Waals surface area contributed by atoms with Crippen LogP contribution in [0.2, 0.25) is 0 Å². The second-order valence-corrected chi connectivity index (χ2v) is 6.97. The van der Waals surface area contributed by atoms with Gasteiger partial charge in [-0.05, 0) is 38.2 Å². The zero-order chi connectivity index (χ0) is 13.3. The van der Waals surface area contributed by atoms with Gasteiger partial charge in [0.25, 0.3) is 0 Å². The zero-order valence-electron chi connectivity index (χ0n) is 12.5. The molecule has 0 fully saturated rings. The van der Waals surface area contributed by atoms with Gasteiger partial charge < -0.3 is 10.2 Å². The van der Waals surface area contributed by atoms with E-state index in [1.807, 2.05) is 0 Å². The lowest BCUT2D eigenvalue weighted by Crippen LogP contribution is -2.37. The van der Waals surface area contributed by atoms with Crippen molar-refractivity contribution in [3.63, 3.8) is 0 Å². The fourth-order valence-electron chi connectivity index (χ4n) is 1.67. The van der Waals surface area contributed by atoms with Crippen molar-refractivity contribution in [1.29, 1.82) is 0 Å². The molecular formula is C15H28N2. The van der Waals surface area contributed by atoms with E-state index in [0.717, 1.165) is 13.0 Å². The molecule has 0 aromatic carbocycles. The van der Waals surface area contributed by atoms with Gasteiger partial charge in [0, 0.05) is 25.3 Å². The highest BCUT2D eigenvalue weighted by Crippen LogP contribution is 2.25. The van der Waals surface area contributed by atoms with Crippen LogP contribution >= 0.6 is 0 Å². The lowest BCUT2D eigenvalue weighted by Gasteiger charge is -2.33. The molecule has 1 aliphatic rings. The molecule has 0 spiro atoms. The van der Waals surface area contributed by atoms with Crippen LogP contribution in [0.3, 0.4) is 0 Å². The number of nitrogens with one attached hydrogen (secondary N) is 1. The minimum absolute atomic E-state index is 0.201. The smallest absolute Gasteiger partial charge is 0.0528 e. The summed E-state index contributed by atoms with van der Waals surface area (Å²) in [5.74, 6) is 0. The second kappa shape index (κ2) is 4.75. The highest BCUT2D eigenvalue weighted by molar-refractivity contribution is 5.30. The molecule has 0 saturated carbocycles. The van der Waals surface area contributed by atoms with Gasteiger partial charge >= 0.3 is 0 Å². The van der Waals surface area contributed by atoms with Crippen LogP contribution in [-0.4, -0.2) is 24.0 Å². The fourth-order valence-corrected chi connectivity index (χ4v) is 1.67. The molecule has 0 atom stereocenters. The van der Waals surface area contributed by atoms with Gasteiger partial charge in [-0.25, -0.2) is 0 Å². The standard InChI is InChI=1S/C15H28N2/c1-12-8-9-15(5,6)17(7)10-13(12)16-11-14(2,3)4/h8,10,16H,9,11H2,1-7H3. The van der Waals surface area contributed by atoms with Crippen molar-refractivity contribution < 1.29 is 0 Å². The molecule has 0 aliphatic carbocycles. The highest BCUT2D eigenvalue weighted by Gasteiger charge is 2.23. The summed E-state index contributed by atoms with van der Waals surface area (Å²) in [6.07, 6.45) is 5.67. The van der Waals surface area contributed by atoms with E-state index in [0.29, 0.717) is 5.41 Å². The fraction of sp³-hybridized carbons (Fsp3) is 0.733. The Bertz CT molecular complexity index is 329. The lowest BCUT2D eigenvalue weighted by atomic mass is 9.96. The molecule has 0 bridgehead atoms. The maximum atomic E-state index is 3.57. The maximum absolute atomic E-state index is 3.57. The molecule has 2 nitrogen and oxygen atoms in total. The van der Waals surface area contributed by atoms with E-state index in [2.05, 4.69) is 71.1 Å². The summed E-state index contributed by atoms with van der Waals surface area (Å²) in [5.41, 5.74) is 3.12. The third-order valence-electron chi connectivity index (χ3n) is 3.42. The van der Waals surface area contributed by atoms with Crippen LogP contribution in [0.5, 0.6) is 0 Å². The molecule has 1 rings (SSSR count). The Morgan fingerprint density at radius 2 is 1.94 bits per heavy atom.